The van der Waals surface area contributed by atoms with Gasteiger partial charge < -0.3 is 24.8 Å². The van der Waals surface area contributed by atoms with Crippen LogP contribution in [0.2, 0.25) is 0 Å². The molecule has 0 saturated carbocycles. The fourth-order valence-electron chi connectivity index (χ4n) is 7.73. The molecule has 0 N–H and O–H groups in total. The summed E-state index contributed by atoms with van der Waals surface area (Å²) in [5.74, 6) is 0. The first-order valence-electron chi connectivity index (χ1n) is 15.8. The first-order valence-corrected chi connectivity index (χ1v) is 17.5. The third-order valence-electron chi connectivity index (χ3n) is 9.72. The van der Waals surface area contributed by atoms with Crippen LogP contribution < -0.4 is 24.8 Å². The van der Waals surface area contributed by atoms with E-state index in [9.17, 15) is 0 Å². The summed E-state index contributed by atoms with van der Waals surface area (Å²) in [6.07, 6.45) is 0. The predicted molar refractivity (Wildman–Crippen MR) is 197 cm³/mol. The van der Waals surface area contributed by atoms with Crippen LogP contribution in [0.3, 0.4) is 0 Å². The van der Waals surface area contributed by atoms with E-state index in [2.05, 4.69) is 164 Å². The first-order chi connectivity index (χ1) is 22.7. The minimum atomic E-state index is 0. The van der Waals surface area contributed by atoms with Gasteiger partial charge in [0, 0.05) is 0 Å². The summed E-state index contributed by atoms with van der Waals surface area (Å²) < 4.78 is 3.34. The van der Waals surface area contributed by atoms with E-state index in [1.807, 2.05) is 0 Å². The summed E-state index contributed by atoms with van der Waals surface area (Å²) in [6, 6.07) is 53.0. The van der Waals surface area contributed by atoms with Gasteiger partial charge in [-0.25, -0.2) is 0 Å². The second-order valence-corrected chi connectivity index (χ2v) is 12.2. The molecular weight excluding hydrogens is 703 g/mol. The Hall–Kier alpha value is -4.13. The van der Waals surface area contributed by atoms with Crippen molar-refractivity contribution in [2.75, 3.05) is 0 Å². The SMILES string of the molecule is CC1=C(c2cc3ccccc3[cH-]2)c2cccc3cccc1c23.CC1=C(c2cc3ccccc3[cH-]2)c2cccc3cccc1c23.[CH2]=[Zr+2].[Cl-].[Cl-]. The van der Waals surface area contributed by atoms with Gasteiger partial charge in [-0.2, -0.15) is 0 Å². The van der Waals surface area contributed by atoms with Crippen molar-refractivity contribution in [1.82, 2.24) is 0 Å². The van der Waals surface area contributed by atoms with Gasteiger partial charge in [0.2, 0.25) is 0 Å². The van der Waals surface area contributed by atoms with Crippen molar-refractivity contribution < 1.29 is 49.0 Å². The summed E-state index contributed by atoms with van der Waals surface area (Å²) in [7, 11) is 0. The molecule has 232 valence electrons. The van der Waals surface area contributed by atoms with Crippen molar-refractivity contribution in [2.45, 2.75) is 13.8 Å². The fraction of sp³-hybridized carbons (Fsp3) is 0.0444. The van der Waals surface area contributed by atoms with Crippen LogP contribution in [0, 0.1) is 0 Å². The predicted octanol–water partition coefficient (Wildman–Crippen LogP) is 5.98. The average Bonchev–Trinajstić information content (AvgIpc) is 3.86. The van der Waals surface area contributed by atoms with Gasteiger partial charge in [-0.1, -0.05) is 131 Å². The molecule has 0 radical (unpaired) electrons. The monoisotopic (exact) mass is 732 g/mol. The molecule has 0 atom stereocenters. The molecule has 0 saturated heterocycles. The molecule has 0 nitrogen and oxygen atoms in total. The van der Waals surface area contributed by atoms with Crippen molar-refractivity contribution in [1.29, 1.82) is 0 Å². The normalized spacial score (nSPS) is 12.5. The van der Waals surface area contributed by atoms with Crippen LogP contribution in [-0.2, 0) is 24.2 Å². The van der Waals surface area contributed by atoms with Gasteiger partial charge in [-0.05, 0) is 57.6 Å². The number of hydrogen-bond donors (Lipinski definition) is 0. The summed E-state index contributed by atoms with van der Waals surface area (Å²) in [6.45, 7) is 4.50. The van der Waals surface area contributed by atoms with Crippen molar-refractivity contribution in [3.63, 3.8) is 0 Å². The molecular formula is C45H32Cl2Zr-2. The topological polar surface area (TPSA) is 0 Å². The summed E-state index contributed by atoms with van der Waals surface area (Å²) >= 11 is 1.30. The Morgan fingerprint density at radius 2 is 0.750 bits per heavy atom. The molecule has 0 bridgehead atoms. The van der Waals surface area contributed by atoms with Crippen LogP contribution in [-0.4, -0.2) is 4.21 Å². The number of hydrogen-bond acceptors (Lipinski definition) is 0. The number of rotatable bonds is 2. The molecule has 2 aliphatic carbocycles. The Morgan fingerprint density at radius 1 is 0.417 bits per heavy atom. The van der Waals surface area contributed by atoms with E-state index in [1.165, 1.54) is 123 Å². The van der Waals surface area contributed by atoms with Crippen LogP contribution in [0.5, 0.6) is 0 Å². The molecule has 2 aliphatic rings. The molecule has 0 heterocycles. The van der Waals surface area contributed by atoms with E-state index in [-0.39, 0.29) is 24.8 Å². The summed E-state index contributed by atoms with van der Waals surface area (Å²) in [5.41, 5.74) is 13.8. The maximum absolute atomic E-state index is 3.34. The molecule has 0 amide bonds. The molecule has 8 aromatic carbocycles. The van der Waals surface area contributed by atoms with Gasteiger partial charge >= 0.3 is 28.4 Å². The molecule has 0 unspecified atom stereocenters. The molecule has 8 aromatic rings. The number of benzene rings is 6. The van der Waals surface area contributed by atoms with E-state index in [0.29, 0.717) is 0 Å². The van der Waals surface area contributed by atoms with Crippen LogP contribution >= 0.6 is 0 Å². The van der Waals surface area contributed by atoms with Crippen molar-refractivity contribution >= 4 is 69.6 Å². The van der Waals surface area contributed by atoms with Crippen molar-refractivity contribution in [2.24, 2.45) is 0 Å². The van der Waals surface area contributed by atoms with Crippen LogP contribution in [0.1, 0.15) is 47.2 Å². The smallest absolute Gasteiger partial charge is 1.00 e. The van der Waals surface area contributed by atoms with E-state index in [1.54, 1.807) is 0 Å². The van der Waals surface area contributed by atoms with Gasteiger partial charge in [0.15, 0.2) is 0 Å². The van der Waals surface area contributed by atoms with Crippen LogP contribution in [0.4, 0.5) is 0 Å². The van der Waals surface area contributed by atoms with E-state index >= 15 is 0 Å². The molecule has 10 rings (SSSR count). The zero-order chi connectivity index (χ0) is 31.4. The van der Waals surface area contributed by atoms with Crippen molar-refractivity contribution in [3.8, 4) is 0 Å². The van der Waals surface area contributed by atoms with Gasteiger partial charge in [0.25, 0.3) is 0 Å². The Kier molecular flexibility index (Phi) is 9.69. The van der Waals surface area contributed by atoms with E-state index in [0.717, 1.165) is 0 Å². The largest absolute Gasteiger partial charge is 1.00 e. The molecule has 0 spiro atoms. The molecule has 0 aromatic heterocycles. The average molecular weight is 735 g/mol. The van der Waals surface area contributed by atoms with Crippen molar-refractivity contribution in [3.05, 3.63) is 179 Å². The zero-order valence-electron chi connectivity index (χ0n) is 26.8. The summed E-state index contributed by atoms with van der Waals surface area (Å²) in [5, 5.41) is 10.8. The number of fused-ring (bicyclic) bond motifs is 2. The van der Waals surface area contributed by atoms with Gasteiger partial charge in [0.05, 0.1) is 0 Å². The Morgan fingerprint density at radius 3 is 1.12 bits per heavy atom. The van der Waals surface area contributed by atoms with Crippen LogP contribution in [0.15, 0.2) is 146 Å². The van der Waals surface area contributed by atoms with Gasteiger partial charge in [-0.3, -0.25) is 0 Å². The fourth-order valence-corrected chi connectivity index (χ4v) is 7.73. The quantitative estimate of drug-likeness (QED) is 0.192. The van der Waals surface area contributed by atoms with Crippen LogP contribution in [0.25, 0.3) is 65.4 Å². The maximum Gasteiger partial charge on any atom is -1.00 e. The third-order valence-corrected chi connectivity index (χ3v) is 9.72. The van der Waals surface area contributed by atoms with E-state index in [4.69, 9.17) is 0 Å². The second kappa shape index (κ2) is 13.8. The minimum absolute atomic E-state index is 0. The van der Waals surface area contributed by atoms with Gasteiger partial charge in [-0.15, -0.1) is 69.1 Å². The molecule has 0 fully saturated rings. The first kappa shape index (κ1) is 33.8. The van der Waals surface area contributed by atoms with E-state index < -0.39 is 0 Å². The zero-order valence-corrected chi connectivity index (χ0v) is 30.8. The Labute approximate surface area is 309 Å². The number of halogens is 2. The Bertz CT molecular complexity index is 2280. The molecule has 3 heteroatoms. The third kappa shape index (κ3) is 5.39. The second-order valence-electron chi connectivity index (χ2n) is 12.2. The number of allylic oxidation sites excluding steroid dienone is 2. The maximum atomic E-state index is 3.34. The molecule has 0 aliphatic heterocycles. The summed E-state index contributed by atoms with van der Waals surface area (Å²) in [4.78, 5) is 0. The minimum Gasteiger partial charge on any atom is -1.00 e. The molecule has 48 heavy (non-hydrogen) atoms. The standard InChI is InChI=1S/2C22H15.CH2.2ClH.Zr/c2*1-14-19-10-4-8-15-9-5-11-20(22(15)19)21(14)18-12-16-6-2-3-7-17(16)13-18;;;;/h2*2-13H,1H3;1H2;2*1H;/q2*-1;;;;+2/p-2. The Balaban J connectivity index is 0.000000153. The van der Waals surface area contributed by atoms with Gasteiger partial charge in [0.1, 0.15) is 0 Å².